The van der Waals surface area contributed by atoms with Crippen LogP contribution in [0.15, 0.2) is 24.3 Å². The lowest BCUT2D eigenvalue weighted by Crippen LogP contribution is -2.31. The Hall–Kier alpha value is -0.420. The molecule has 2 N–H and O–H groups in total. The van der Waals surface area contributed by atoms with Crippen molar-refractivity contribution >= 4 is 28.4 Å². The van der Waals surface area contributed by atoms with Crippen LogP contribution in [0.2, 0.25) is 0 Å². The maximum atomic E-state index is 11.8. The SMILES string of the molecule is CCCCC(N)C(=O)Cc1ccc(I)cc1. The molecule has 16 heavy (non-hydrogen) atoms. The van der Waals surface area contributed by atoms with Crippen molar-refractivity contribution in [3.63, 3.8) is 0 Å². The van der Waals surface area contributed by atoms with Gasteiger partial charge in [0.2, 0.25) is 0 Å². The number of halogens is 1. The molecule has 88 valence electrons. The molecule has 3 heteroatoms. The summed E-state index contributed by atoms with van der Waals surface area (Å²) in [6.45, 7) is 2.11. The van der Waals surface area contributed by atoms with E-state index in [-0.39, 0.29) is 11.8 Å². The van der Waals surface area contributed by atoms with Crippen LogP contribution >= 0.6 is 22.6 Å². The Morgan fingerprint density at radius 1 is 1.38 bits per heavy atom. The Bertz CT molecular complexity index is 334. The standard InChI is InChI=1S/C13H18INO/c1-2-3-4-12(15)13(16)9-10-5-7-11(14)8-6-10/h5-8,12H,2-4,9,15H2,1H3. The number of carbonyl (C=O) groups is 1. The van der Waals surface area contributed by atoms with Crippen LogP contribution in [-0.2, 0) is 11.2 Å². The van der Waals surface area contributed by atoms with Crippen molar-refractivity contribution in [2.24, 2.45) is 5.73 Å². The van der Waals surface area contributed by atoms with Crippen LogP contribution in [0.25, 0.3) is 0 Å². The third kappa shape index (κ3) is 4.61. The third-order valence-corrected chi connectivity index (χ3v) is 3.29. The summed E-state index contributed by atoms with van der Waals surface area (Å²) in [5.41, 5.74) is 6.88. The summed E-state index contributed by atoms with van der Waals surface area (Å²) in [6.07, 6.45) is 3.38. The molecule has 0 heterocycles. The van der Waals surface area contributed by atoms with Crippen molar-refractivity contribution in [1.82, 2.24) is 0 Å². The first kappa shape index (κ1) is 13.6. The Morgan fingerprint density at radius 2 is 2.00 bits per heavy atom. The largest absolute Gasteiger partial charge is 0.321 e. The summed E-state index contributed by atoms with van der Waals surface area (Å²) in [5.74, 6) is 0.148. The van der Waals surface area contributed by atoms with Gasteiger partial charge in [0, 0.05) is 9.99 Å². The fraction of sp³-hybridized carbons (Fsp3) is 0.462. The van der Waals surface area contributed by atoms with Crippen LogP contribution in [0.4, 0.5) is 0 Å². The van der Waals surface area contributed by atoms with Crippen molar-refractivity contribution in [1.29, 1.82) is 0 Å². The summed E-state index contributed by atoms with van der Waals surface area (Å²) < 4.78 is 1.18. The predicted octanol–water partition coefficient (Wildman–Crippen LogP) is 2.92. The van der Waals surface area contributed by atoms with E-state index in [4.69, 9.17) is 5.73 Å². The van der Waals surface area contributed by atoms with Gasteiger partial charge >= 0.3 is 0 Å². The van der Waals surface area contributed by atoms with E-state index in [1.54, 1.807) is 0 Å². The van der Waals surface area contributed by atoms with Gasteiger partial charge in [-0.1, -0.05) is 31.9 Å². The second-order valence-corrected chi connectivity index (χ2v) is 5.26. The number of ketones is 1. The lowest BCUT2D eigenvalue weighted by Gasteiger charge is -2.09. The van der Waals surface area contributed by atoms with Gasteiger partial charge in [-0.2, -0.15) is 0 Å². The molecular weight excluding hydrogens is 313 g/mol. The molecule has 0 aliphatic carbocycles. The van der Waals surface area contributed by atoms with Crippen molar-refractivity contribution in [3.05, 3.63) is 33.4 Å². The molecule has 2 nitrogen and oxygen atoms in total. The molecule has 0 aliphatic rings. The highest BCUT2D eigenvalue weighted by atomic mass is 127. The highest BCUT2D eigenvalue weighted by Gasteiger charge is 2.12. The van der Waals surface area contributed by atoms with E-state index in [1.807, 2.05) is 24.3 Å². The van der Waals surface area contributed by atoms with Gasteiger partial charge in [0.05, 0.1) is 6.04 Å². The van der Waals surface area contributed by atoms with E-state index in [1.165, 1.54) is 3.57 Å². The zero-order valence-electron chi connectivity index (χ0n) is 9.58. The molecule has 0 saturated heterocycles. The number of benzene rings is 1. The average Bonchev–Trinajstić information content (AvgIpc) is 2.29. The second kappa shape index (κ2) is 7.01. The van der Waals surface area contributed by atoms with Crippen molar-refractivity contribution in [3.8, 4) is 0 Å². The number of rotatable bonds is 6. The molecule has 1 rings (SSSR count). The Balaban J connectivity index is 2.47. The molecule has 0 bridgehead atoms. The van der Waals surface area contributed by atoms with E-state index in [2.05, 4.69) is 29.5 Å². The molecule has 0 aliphatic heterocycles. The lowest BCUT2D eigenvalue weighted by molar-refractivity contribution is -0.119. The Kier molecular flexibility index (Phi) is 5.98. The monoisotopic (exact) mass is 331 g/mol. The zero-order chi connectivity index (χ0) is 12.0. The van der Waals surface area contributed by atoms with Gasteiger partial charge in [0.15, 0.2) is 5.78 Å². The van der Waals surface area contributed by atoms with Gasteiger partial charge < -0.3 is 5.73 Å². The van der Waals surface area contributed by atoms with E-state index >= 15 is 0 Å². The molecule has 0 radical (unpaired) electrons. The summed E-state index contributed by atoms with van der Waals surface area (Å²) in [4.78, 5) is 11.8. The molecule has 1 unspecified atom stereocenters. The molecular formula is C13H18INO. The van der Waals surface area contributed by atoms with E-state index < -0.39 is 0 Å². The minimum atomic E-state index is -0.292. The number of hydrogen-bond acceptors (Lipinski definition) is 2. The lowest BCUT2D eigenvalue weighted by atomic mass is 10.0. The summed E-state index contributed by atoms with van der Waals surface area (Å²) >= 11 is 2.25. The average molecular weight is 331 g/mol. The molecule has 1 aromatic rings. The fourth-order valence-corrected chi connectivity index (χ4v) is 1.88. The van der Waals surface area contributed by atoms with Crippen LogP contribution in [0.1, 0.15) is 31.7 Å². The van der Waals surface area contributed by atoms with E-state index in [0.29, 0.717) is 6.42 Å². The topological polar surface area (TPSA) is 43.1 Å². The molecule has 1 aromatic carbocycles. The van der Waals surface area contributed by atoms with Crippen LogP contribution in [0, 0.1) is 3.57 Å². The highest BCUT2D eigenvalue weighted by Crippen LogP contribution is 2.09. The first-order chi connectivity index (χ1) is 7.63. The molecule has 0 fully saturated rings. The van der Waals surface area contributed by atoms with Gasteiger partial charge in [-0.05, 0) is 46.7 Å². The van der Waals surface area contributed by atoms with Gasteiger partial charge in [-0.15, -0.1) is 0 Å². The van der Waals surface area contributed by atoms with Crippen LogP contribution < -0.4 is 5.73 Å². The van der Waals surface area contributed by atoms with Crippen LogP contribution in [0.5, 0.6) is 0 Å². The van der Waals surface area contributed by atoms with Gasteiger partial charge in [0.1, 0.15) is 0 Å². The molecule has 0 spiro atoms. The smallest absolute Gasteiger partial charge is 0.153 e. The minimum Gasteiger partial charge on any atom is -0.321 e. The Labute approximate surface area is 111 Å². The van der Waals surface area contributed by atoms with Crippen LogP contribution in [-0.4, -0.2) is 11.8 Å². The number of Topliss-reactive ketones (excluding diaryl/α,β-unsaturated/α-hetero) is 1. The normalized spacial score (nSPS) is 12.4. The Morgan fingerprint density at radius 3 is 2.56 bits per heavy atom. The number of nitrogens with two attached hydrogens (primary N) is 1. The molecule has 0 saturated carbocycles. The number of hydrogen-bond donors (Lipinski definition) is 1. The minimum absolute atomic E-state index is 0.148. The second-order valence-electron chi connectivity index (χ2n) is 4.02. The van der Waals surface area contributed by atoms with Crippen LogP contribution in [0.3, 0.4) is 0 Å². The first-order valence-electron chi connectivity index (χ1n) is 5.66. The number of unbranched alkanes of at least 4 members (excludes halogenated alkanes) is 1. The number of carbonyl (C=O) groups excluding carboxylic acids is 1. The molecule has 0 amide bonds. The first-order valence-corrected chi connectivity index (χ1v) is 6.74. The van der Waals surface area contributed by atoms with Crippen molar-refractivity contribution < 1.29 is 4.79 Å². The maximum absolute atomic E-state index is 11.8. The highest BCUT2D eigenvalue weighted by molar-refractivity contribution is 14.1. The zero-order valence-corrected chi connectivity index (χ0v) is 11.7. The van der Waals surface area contributed by atoms with E-state index in [0.717, 1.165) is 24.8 Å². The molecule has 0 aromatic heterocycles. The quantitative estimate of drug-likeness (QED) is 0.815. The van der Waals surface area contributed by atoms with Crippen molar-refractivity contribution in [2.45, 2.75) is 38.6 Å². The maximum Gasteiger partial charge on any atom is 0.153 e. The van der Waals surface area contributed by atoms with Gasteiger partial charge in [0.25, 0.3) is 0 Å². The predicted molar refractivity (Wildman–Crippen MR) is 75.4 cm³/mol. The fourth-order valence-electron chi connectivity index (χ4n) is 1.52. The van der Waals surface area contributed by atoms with E-state index in [9.17, 15) is 4.79 Å². The van der Waals surface area contributed by atoms with Gasteiger partial charge in [-0.3, -0.25) is 4.79 Å². The third-order valence-electron chi connectivity index (χ3n) is 2.57. The summed E-state index contributed by atoms with van der Waals surface area (Å²) in [6, 6.07) is 7.72. The molecule has 1 atom stereocenters. The summed E-state index contributed by atoms with van der Waals surface area (Å²) in [5, 5.41) is 0. The van der Waals surface area contributed by atoms with Gasteiger partial charge in [-0.25, -0.2) is 0 Å². The summed E-state index contributed by atoms with van der Waals surface area (Å²) in [7, 11) is 0. The van der Waals surface area contributed by atoms with Crippen molar-refractivity contribution in [2.75, 3.05) is 0 Å².